The van der Waals surface area contributed by atoms with Gasteiger partial charge in [-0.15, -0.1) is 0 Å². The van der Waals surface area contributed by atoms with Gasteiger partial charge in [-0.3, -0.25) is 4.79 Å². The van der Waals surface area contributed by atoms with Crippen LogP contribution in [0.25, 0.3) is 10.9 Å². The molecule has 0 saturated carbocycles. The summed E-state index contributed by atoms with van der Waals surface area (Å²) in [5.41, 5.74) is 5.07. The second kappa shape index (κ2) is 7.16. The summed E-state index contributed by atoms with van der Waals surface area (Å²) < 4.78 is 2.28. The van der Waals surface area contributed by atoms with Crippen molar-refractivity contribution in [1.82, 2.24) is 9.66 Å². The number of aryl methyl sites for hydroxylation is 3. The van der Waals surface area contributed by atoms with Gasteiger partial charge in [-0.25, -0.2) is 4.98 Å². The van der Waals surface area contributed by atoms with Crippen molar-refractivity contribution in [3.63, 3.8) is 0 Å². The Hall–Kier alpha value is -2.27. The number of benzene rings is 2. The van der Waals surface area contributed by atoms with Gasteiger partial charge in [0.2, 0.25) is 0 Å². The van der Waals surface area contributed by atoms with Gasteiger partial charge in [0.05, 0.1) is 17.1 Å². The molecule has 26 heavy (non-hydrogen) atoms. The molecule has 0 atom stereocenters. The maximum atomic E-state index is 13.0. The molecular weight excluding hydrogens is 390 g/mol. The normalized spacial score (nSPS) is 11.8. The number of fused-ring (bicyclic) bond motifs is 1. The fraction of sp³-hybridized carbons (Fsp3) is 0.286. The van der Waals surface area contributed by atoms with Crippen molar-refractivity contribution < 1.29 is 0 Å². The molecule has 1 heterocycles. The Morgan fingerprint density at radius 1 is 1.12 bits per heavy atom. The molecular formula is C21H22BrN3O. The highest BCUT2D eigenvalue weighted by molar-refractivity contribution is 9.10. The van der Waals surface area contributed by atoms with Crippen LogP contribution in [0.1, 0.15) is 47.8 Å². The molecule has 0 aliphatic heterocycles. The van der Waals surface area contributed by atoms with Crippen molar-refractivity contribution in [3.05, 3.63) is 73.2 Å². The molecule has 3 rings (SSSR count). The summed E-state index contributed by atoms with van der Waals surface area (Å²) in [4.78, 5) is 17.7. The lowest BCUT2D eigenvalue weighted by Gasteiger charge is -2.12. The molecule has 1 aromatic heterocycles. The molecule has 2 aromatic carbocycles. The summed E-state index contributed by atoms with van der Waals surface area (Å²) in [7, 11) is 0. The first kappa shape index (κ1) is 18.5. The van der Waals surface area contributed by atoms with Gasteiger partial charge in [-0.2, -0.15) is 9.78 Å². The summed E-state index contributed by atoms with van der Waals surface area (Å²) in [5, 5.41) is 5.08. The SMILES string of the molecule is Cc1cc(C)c(C=Nn2c(C(C)C)nc3ccc(Br)cc3c2=O)c(C)c1. The lowest BCUT2D eigenvalue weighted by Crippen LogP contribution is -2.23. The Labute approximate surface area is 161 Å². The highest BCUT2D eigenvalue weighted by atomic mass is 79.9. The van der Waals surface area contributed by atoms with Crippen molar-refractivity contribution in [3.8, 4) is 0 Å². The van der Waals surface area contributed by atoms with Gasteiger partial charge in [0.15, 0.2) is 0 Å². The first-order valence-corrected chi connectivity index (χ1v) is 9.41. The lowest BCUT2D eigenvalue weighted by molar-refractivity contribution is 0.665. The quantitative estimate of drug-likeness (QED) is 0.563. The molecule has 0 radical (unpaired) electrons. The highest BCUT2D eigenvalue weighted by Crippen LogP contribution is 2.19. The molecule has 0 aliphatic carbocycles. The Morgan fingerprint density at radius 3 is 2.38 bits per heavy atom. The van der Waals surface area contributed by atoms with E-state index >= 15 is 0 Å². The van der Waals surface area contributed by atoms with E-state index in [1.54, 1.807) is 12.3 Å². The predicted molar refractivity (Wildman–Crippen MR) is 111 cm³/mol. The molecule has 3 aromatic rings. The van der Waals surface area contributed by atoms with E-state index in [0.29, 0.717) is 16.7 Å². The number of aromatic nitrogens is 2. The zero-order chi connectivity index (χ0) is 19.0. The summed E-state index contributed by atoms with van der Waals surface area (Å²) >= 11 is 3.43. The summed E-state index contributed by atoms with van der Waals surface area (Å²) in [5.74, 6) is 0.733. The van der Waals surface area contributed by atoms with Gasteiger partial charge < -0.3 is 0 Å². The van der Waals surface area contributed by atoms with E-state index in [1.807, 2.05) is 26.0 Å². The van der Waals surface area contributed by atoms with Crippen molar-refractivity contribution in [2.24, 2.45) is 5.10 Å². The maximum absolute atomic E-state index is 13.0. The number of rotatable bonds is 3. The van der Waals surface area contributed by atoms with E-state index in [2.05, 4.69) is 58.9 Å². The summed E-state index contributed by atoms with van der Waals surface area (Å²) in [6.07, 6.45) is 1.77. The van der Waals surface area contributed by atoms with E-state index in [9.17, 15) is 4.79 Å². The van der Waals surface area contributed by atoms with Crippen molar-refractivity contribution in [2.45, 2.75) is 40.5 Å². The van der Waals surface area contributed by atoms with Crippen LogP contribution in [0.15, 0.2) is 44.7 Å². The molecule has 134 valence electrons. The van der Waals surface area contributed by atoms with Crippen LogP contribution >= 0.6 is 15.9 Å². The van der Waals surface area contributed by atoms with Crippen LogP contribution in [0.5, 0.6) is 0 Å². The molecule has 0 spiro atoms. The van der Waals surface area contributed by atoms with Crippen LogP contribution < -0.4 is 5.56 Å². The molecule has 0 unspecified atom stereocenters. The first-order valence-electron chi connectivity index (χ1n) is 8.62. The molecule has 0 fully saturated rings. The van der Waals surface area contributed by atoms with E-state index in [0.717, 1.165) is 21.2 Å². The topological polar surface area (TPSA) is 47.2 Å². The van der Waals surface area contributed by atoms with Gasteiger partial charge in [-0.1, -0.05) is 47.5 Å². The minimum atomic E-state index is -0.154. The van der Waals surface area contributed by atoms with Crippen LogP contribution in [-0.4, -0.2) is 15.9 Å². The predicted octanol–water partition coefficient (Wildman–Crippen LogP) is 5.09. The monoisotopic (exact) mass is 411 g/mol. The second-order valence-electron chi connectivity index (χ2n) is 6.96. The third-order valence-corrected chi connectivity index (χ3v) is 4.88. The van der Waals surface area contributed by atoms with Crippen LogP contribution in [0.4, 0.5) is 0 Å². The van der Waals surface area contributed by atoms with Gasteiger partial charge in [0.1, 0.15) is 5.82 Å². The average molecular weight is 412 g/mol. The Bertz CT molecular complexity index is 1060. The minimum absolute atomic E-state index is 0.0770. The maximum Gasteiger partial charge on any atom is 0.282 e. The first-order chi connectivity index (χ1) is 12.3. The molecule has 0 N–H and O–H groups in total. The number of halogens is 1. The average Bonchev–Trinajstić information content (AvgIpc) is 2.55. The second-order valence-corrected chi connectivity index (χ2v) is 7.88. The lowest BCUT2D eigenvalue weighted by atomic mass is 10.0. The molecule has 0 aliphatic rings. The number of nitrogens with zero attached hydrogens (tertiary/aromatic N) is 3. The molecule has 0 saturated heterocycles. The number of hydrogen-bond donors (Lipinski definition) is 0. The Balaban J connectivity index is 2.22. The largest absolute Gasteiger partial charge is 0.282 e. The third kappa shape index (κ3) is 3.49. The van der Waals surface area contributed by atoms with Crippen molar-refractivity contribution in [2.75, 3.05) is 0 Å². The zero-order valence-electron chi connectivity index (χ0n) is 15.7. The zero-order valence-corrected chi connectivity index (χ0v) is 17.3. The molecule has 0 bridgehead atoms. The Morgan fingerprint density at radius 2 is 1.77 bits per heavy atom. The standard InChI is InChI=1S/C21H22BrN3O/c1-12(2)20-24-19-7-6-16(22)10-17(19)21(26)25(20)23-11-18-14(4)8-13(3)9-15(18)5/h6-12H,1-5H3. The van der Waals surface area contributed by atoms with Crippen LogP contribution in [-0.2, 0) is 0 Å². The molecule has 0 amide bonds. The van der Waals surface area contributed by atoms with Crippen LogP contribution in [0.3, 0.4) is 0 Å². The van der Waals surface area contributed by atoms with E-state index in [-0.39, 0.29) is 11.5 Å². The smallest absolute Gasteiger partial charge is 0.267 e. The van der Waals surface area contributed by atoms with Gasteiger partial charge in [0, 0.05) is 16.0 Å². The van der Waals surface area contributed by atoms with Gasteiger partial charge in [-0.05, 0) is 50.1 Å². The van der Waals surface area contributed by atoms with Crippen molar-refractivity contribution >= 4 is 33.0 Å². The van der Waals surface area contributed by atoms with Crippen LogP contribution in [0, 0.1) is 20.8 Å². The van der Waals surface area contributed by atoms with Crippen molar-refractivity contribution in [1.29, 1.82) is 0 Å². The third-order valence-electron chi connectivity index (χ3n) is 4.39. The molecule has 4 nitrogen and oxygen atoms in total. The summed E-state index contributed by atoms with van der Waals surface area (Å²) in [6.45, 7) is 10.2. The fourth-order valence-electron chi connectivity index (χ4n) is 3.16. The molecule has 5 heteroatoms. The minimum Gasteiger partial charge on any atom is -0.267 e. The fourth-order valence-corrected chi connectivity index (χ4v) is 3.52. The van der Waals surface area contributed by atoms with Gasteiger partial charge in [0.25, 0.3) is 5.56 Å². The van der Waals surface area contributed by atoms with E-state index in [1.165, 1.54) is 10.2 Å². The van der Waals surface area contributed by atoms with Crippen LogP contribution in [0.2, 0.25) is 0 Å². The van der Waals surface area contributed by atoms with Gasteiger partial charge >= 0.3 is 0 Å². The van der Waals surface area contributed by atoms with E-state index < -0.39 is 0 Å². The highest BCUT2D eigenvalue weighted by Gasteiger charge is 2.14. The summed E-state index contributed by atoms with van der Waals surface area (Å²) in [6, 6.07) is 9.79. The number of hydrogen-bond acceptors (Lipinski definition) is 3. The van der Waals surface area contributed by atoms with E-state index in [4.69, 9.17) is 0 Å². The Kier molecular flexibility index (Phi) is 5.10.